The highest BCUT2D eigenvalue weighted by atomic mass is 16.5. The minimum absolute atomic E-state index is 0.380. The third kappa shape index (κ3) is 4.69. The van der Waals surface area contributed by atoms with Gasteiger partial charge in [0.2, 0.25) is 0 Å². The van der Waals surface area contributed by atoms with Crippen molar-refractivity contribution in [3.8, 4) is 11.5 Å². The SMILES string of the molecule is COc1ccc(NC(=O)C(=O)NN=C2CCN(C)CC2)c(OC)c1. The van der Waals surface area contributed by atoms with Gasteiger partial charge in [-0.1, -0.05) is 0 Å². The topological polar surface area (TPSA) is 92.3 Å². The molecule has 1 aliphatic heterocycles. The number of hydrogen-bond donors (Lipinski definition) is 2. The predicted octanol–water partition coefficient (Wildman–Crippen LogP) is 0.840. The van der Waals surface area contributed by atoms with Crippen LogP contribution in [0.3, 0.4) is 0 Å². The molecule has 0 saturated carbocycles. The number of rotatable bonds is 4. The standard InChI is InChI=1S/C16H22N4O4/c1-20-8-6-11(7-9-20)18-19-16(22)15(21)17-13-5-4-12(23-2)10-14(13)24-3/h4-5,10H,6-9H2,1-3H3,(H,17,21)(H,19,22). The Balaban J connectivity index is 1.94. The van der Waals surface area contributed by atoms with Gasteiger partial charge >= 0.3 is 11.8 Å². The van der Waals surface area contributed by atoms with Crippen LogP contribution in [0.4, 0.5) is 5.69 Å². The number of carbonyl (C=O) groups excluding carboxylic acids is 2. The Labute approximate surface area is 140 Å². The van der Waals surface area contributed by atoms with Crippen molar-refractivity contribution < 1.29 is 19.1 Å². The molecule has 8 heteroatoms. The van der Waals surface area contributed by atoms with Crippen molar-refractivity contribution in [2.24, 2.45) is 5.10 Å². The second-order valence-electron chi connectivity index (χ2n) is 5.44. The Morgan fingerprint density at radius 3 is 2.46 bits per heavy atom. The van der Waals surface area contributed by atoms with Crippen molar-refractivity contribution in [3.63, 3.8) is 0 Å². The first kappa shape index (κ1) is 17.7. The summed E-state index contributed by atoms with van der Waals surface area (Å²) in [5.41, 5.74) is 3.57. The van der Waals surface area contributed by atoms with E-state index in [0.717, 1.165) is 31.6 Å². The molecule has 0 bridgehead atoms. The highest BCUT2D eigenvalue weighted by Crippen LogP contribution is 2.28. The van der Waals surface area contributed by atoms with Gasteiger partial charge in [-0.25, -0.2) is 5.43 Å². The van der Waals surface area contributed by atoms with Crippen LogP contribution < -0.4 is 20.2 Å². The second-order valence-corrected chi connectivity index (χ2v) is 5.44. The van der Waals surface area contributed by atoms with E-state index >= 15 is 0 Å². The summed E-state index contributed by atoms with van der Waals surface area (Å²) in [6.45, 7) is 1.79. The Kier molecular flexibility index (Phi) is 6.14. The molecule has 0 radical (unpaired) electrons. The number of nitrogens with one attached hydrogen (secondary N) is 2. The highest BCUT2D eigenvalue weighted by molar-refractivity contribution is 6.39. The van der Waals surface area contributed by atoms with Gasteiger partial charge in [0.05, 0.1) is 19.9 Å². The number of ether oxygens (including phenoxy) is 2. The maximum atomic E-state index is 12.0. The van der Waals surface area contributed by atoms with Gasteiger partial charge in [0.15, 0.2) is 0 Å². The Morgan fingerprint density at radius 2 is 1.83 bits per heavy atom. The van der Waals surface area contributed by atoms with E-state index in [0.29, 0.717) is 17.2 Å². The summed E-state index contributed by atoms with van der Waals surface area (Å²) in [5.74, 6) is -0.643. The van der Waals surface area contributed by atoms with Gasteiger partial charge in [-0.05, 0) is 19.2 Å². The zero-order valence-electron chi connectivity index (χ0n) is 14.1. The minimum Gasteiger partial charge on any atom is -0.497 e. The average molecular weight is 334 g/mol. The predicted molar refractivity (Wildman–Crippen MR) is 90.5 cm³/mol. The molecule has 1 aromatic rings. The van der Waals surface area contributed by atoms with Gasteiger partial charge in [0.1, 0.15) is 11.5 Å². The van der Waals surface area contributed by atoms with E-state index in [1.165, 1.54) is 14.2 Å². The van der Waals surface area contributed by atoms with Crippen LogP contribution in [0.15, 0.2) is 23.3 Å². The number of nitrogens with zero attached hydrogens (tertiary/aromatic N) is 2. The molecule has 1 aliphatic rings. The lowest BCUT2D eigenvalue weighted by atomic mass is 10.1. The van der Waals surface area contributed by atoms with Crippen LogP contribution >= 0.6 is 0 Å². The Morgan fingerprint density at radius 1 is 1.12 bits per heavy atom. The van der Waals surface area contributed by atoms with Crippen molar-refractivity contribution >= 4 is 23.2 Å². The van der Waals surface area contributed by atoms with Gasteiger partial charge in [-0.15, -0.1) is 0 Å². The fourth-order valence-corrected chi connectivity index (χ4v) is 2.25. The van der Waals surface area contributed by atoms with Crippen LogP contribution in [-0.2, 0) is 9.59 Å². The molecule has 1 saturated heterocycles. The van der Waals surface area contributed by atoms with Gasteiger partial charge in [0, 0.05) is 37.7 Å². The molecular formula is C16H22N4O4. The van der Waals surface area contributed by atoms with Crippen LogP contribution in [0.5, 0.6) is 11.5 Å². The smallest absolute Gasteiger partial charge is 0.329 e. The quantitative estimate of drug-likeness (QED) is 0.629. The summed E-state index contributed by atoms with van der Waals surface area (Å²) in [4.78, 5) is 26.0. The number of piperidine rings is 1. The van der Waals surface area contributed by atoms with E-state index in [4.69, 9.17) is 9.47 Å². The first-order valence-corrected chi connectivity index (χ1v) is 7.61. The third-order valence-electron chi connectivity index (χ3n) is 3.74. The number of benzene rings is 1. The van der Waals surface area contributed by atoms with E-state index < -0.39 is 11.8 Å². The zero-order chi connectivity index (χ0) is 17.5. The van der Waals surface area contributed by atoms with Crippen molar-refractivity contribution in [1.29, 1.82) is 0 Å². The summed E-state index contributed by atoms with van der Waals surface area (Å²) in [6, 6.07) is 4.88. The minimum atomic E-state index is -0.820. The molecule has 1 aromatic carbocycles. The second kappa shape index (κ2) is 8.30. The molecule has 1 heterocycles. The summed E-state index contributed by atoms with van der Waals surface area (Å²) in [5, 5.41) is 6.53. The number of likely N-dealkylation sites (tertiary alicyclic amines) is 1. The highest BCUT2D eigenvalue weighted by Gasteiger charge is 2.17. The lowest BCUT2D eigenvalue weighted by Crippen LogP contribution is -2.35. The lowest BCUT2D eigenvalue weighted by Gasteiger charge is -2.22. The molecule has 130 valence electrons. The first-order chi connectivity index (χ1) is 11.5. The van der Waals surface area contributed by atoms with Crippen LogP contribution in [-0.4, -0.2) is 56.8 Å². The molecule has 0 unspecified atom stereocenters. The van der Waals surface area contributed by atoms with Gasteiger partial charge < -0.3 is 19.7 Å². The van der Waals surface area contributed by atoms with Crippen molar-refractivity contribution in [3.05, 3.63) is 18.2 Å². The number of carbonyl (C=O) groups is 2. The summed E-state index contributed by atoms with van der Waals surface area (Å²) < 4.78 is 10.3. The molecule has 0 aromatic heterocycles. The molecule has 0 aliphatic carbocycles. The van der Waals surface area contributed by atoms with Gasteiger partial charge in [-0.3, -0.25) is 9.59 Å². The molecule has 8 nitrogen and oxygen atoms in total. The molecule has 2 N–H and O–H groups in total. The molecule has 0 atom stereocenters. The van der Waals surface area contributed by atoms with Crippen LogP contribution in [0.2, 0.25) is 0 Å². The average Bonchev–Trinajstić information content (AvgIpc) is 2.61. The number of hydrazone groups is 1. The molecule has 0 spiro atoms. The van der Waals surface area contributed by atoms with E-state index in [1.807, 2.05) is 7.05 Å². The first-order valence-electron chi connectivity index (χ1n) is 7.61. The van der Waals surface area contributed by atoms with E-state index in [1.54, 1.807) is 18.2 Å². The number of hydrogen-bond acceptors (Lipinski definition) is 6. The van der Waals surface area contributed by atoms with E-state index in [2.05, 4.69) is 20.7 Å². The van der Waals surface area contributed by atoms with Crippen molar-refractivity contribution in [2.75, 3.05) is 39.7 Å². The largest absolute Gasteiger partial charge is 0.497 e. The molecule has 1 fully saturated rings. The monoisotopic (exact) mass is 334 g/mol. The van der Waals surface area contributed by atoms with Crippen LogP contribution in [0, 0.1) is 0 Å². The zero-order valence-corrected chi connectivity index (χ0v) is 14.1. The number of methoxy groups -OCH3 is 2. The fourth-order valence-electron chi connectivity index (χ4n) is 2.25. The lowest BCUT2D eigenvalue weighted by molar-refractivity contribution is -0.136. The molecule has 2 amide bonds. The summed E-state index contributed by atoms with van der Waals surface area (Å²) in [6.07, 6.45) is 1.56. The maximum Gasteiger partial charge on any atom is 0.329 e. The summed E-state index contributed by atoms with van der Waals surface area (Å²) in [7, 11) is 5.03. The number of amides is 2. The fraction of sp³-hybridized carbons (Fsp3) is 0.438. The van der Waals surface area contributed by atoms with E-state index in [-0.39, 0.29) is 0 Å². The third-order valence-corrected chi connectivity index (χ3v) is 3.74. The normalized spacial score (nSPS) is 14.7. The van der Waals surface area contributed by atoms with Crippen LogP contribution in [0.25, 0.3) is 0 Å². The Hall–Kier alpha value is -2.61. The maximum absolute atomic E-state index is 12.0. The Bertz CT molecular complexity index is 635. The summed E-state index contributed by atoms with van der Waals surface area (Å²) >= 11 is 0. The molecule has 24 heavy (non-hydrogen) atoms. The number of anilines is 1. The van der Waals surface area contributed by atoms with Gasteiger partial charge in [-0.2, -0.15) is 5.10 Å². The van der Waals surface area contributed by atoms with Crippen molar-refractivity contribution in [1.82, 2.24) is 10.3 Å². The molecular weight excluding hydrogens is 312 g/mol. The van der Waals surface area contributed by atoms with Crippen LogP contribution in [0.1, 0.15) is 12.8 Å². The van der Waals surface area contributed by atoms with Crippen molar-refractivity contribution in [2.45, 2.75) is 12.8 Å². The molecule has 2 rings (SSSR count). The van der Waals surface area contributed by atoms with Gasteiger partial charge in [0.25, 0.3) is 0 Å². The van der Waals surface area contributed by atoms with E-state index in [9.17, 15) is 9.59 Å².